The molecule has 0 aliphatic carbocycles. The van der Waals surface area contributed by atoms with Crippen molar-refractivity contribution in [1.82, 2.24) is 9.55 Å². The summed E-state index contributed by atoms with van der Waals surface area (Å²) in [6, 6.07) is 16.7. The second-order valence-corrected chi connectivity index (χ2v) is 6.01. The first kappa shape index (κ1) is 16.0. The van der Waals surface area contributed by atoms with Crippen LogP contribution in [-0.4, -0.2) is 9.55 Å². The summed E-state index contributed by atoms with van der Waals surface area (Å²) in [5.41, 5.74) is 5.81. The number of nitriles is 1. The number of hydrogen-bond acceptors (Lipinski definition) is 2. The van der Waals surface area contributed by atoms with Gasteiger partial charge in [-0.2, -0.15) is 5.26 Å². The van der Waals surface area contributed by atoms with Gasteiger partial charge in [0, 0.05) is 19.0 Å². The summed E-state index contributed by atoms with van der Waals surface area (Å²) in [4.78, 5) is 4.87. The van der Waals surface area contributed by atoms with Gasteiger partial charge in [-0.15, -0.1) is 0 Å². The Bertz CT molecular complexity index is 909. The van der Waals surface area contributed by atoms with Crippen LogP contribution in [0.5, 0.6) is 0 Å². The third-order valence-corrected chi connectivity index (χ3v) is 4.20. The van der Waals surface area contributed by atoms with Crippen LogP contribution in [0, 0.1) is 18.3 Å². The van der Waals surface area contributed by atoms with Crippen LogP contribution in [-0.2, 0) is 13.0 Å². The smallest absolute Gasteiger partial charge is 0.110 e. The average Bonchev–Trinajstić information content (AvgIpc) is 2.94. The average molecular weight is 315 g/mol. The molecule has 3 nitrogen and oxygen atoms in total. The molecule has 1 heterocycles. The molecule has 0 radical (unpaired) electrons. The van der Waals surface area contributed by atoms with Gasteiger partial charge in [0.15, 0.2) is 0 Å². The topological polar surface area (TPSA) is 41.6 Å². The van der Waals surface area contributed by atoms with Crippen LogP contribution in [0.1, 0.15) is 35.9 Å². The van der Waals surface area contributed by atoms with E-state index in [0.717, 1.165) is 36.3 Å². The lowest BCUT2D eigenvalue weighted by molar-refractivity contribution is 0.722. The second-order valence-electron chi connectivity index (χ2n) is 6.01. The first-order valence-electron chi connectivity index (χ1n) is 8.32. The highest BCUT2D eigenvalue weighted by molar-refractivity contribution is 5.79. The van der Waals surface area contributed by atoms with E-state index < -0.39 is 0 Å². The largest absolute Gasteiger partial charge is 0.323 e. The molecular weight excluding hydrogens is 294 g/mol. The molecule has 0 saturated heterocycles. The van der Waals surface area contributed by atoms with E-state index in [1.165, 1.54) is 22.7 Å². The van der Waals surface area contributed by atoms with E-state index in [1.54, 1.807) is 0 Å². The zero-order valence-corrected chi connectivity index (χ0v) is 14.2. The van der Waals surface area contributed by atoms with Gasteiger partial charge in [-0.25, -0.2) is 4.98 Å². The molecular formula is C21H21N3. The van der Waals surface area contributed by atoms with Gasteiger partial charge in [-0.1, -0.05) is 43.3 Å². The summed E-state index contributed by atoms with van der Waals surface area (Å²) >= 11 is 0. The van der Waals surface area contributed by atoms with E-state index in [1.807, 2.05) is 24.3 Å². The van der Waals surface area contributed by atoms with E-state index in [2.05, 4.69) is 48.7 Å². The Labute approximate surface area is 142 Å². The number of aromatic nitrogens is 2. The van der Waals surface area contributed by atoms with Crippen molar-refractivity contribution in [3.63, 3.8) is 0 Å². The lowest BCUT2D eigenvalue weighted by Gasteiger charge is -2.09. The highest BCUT2D eigenvalue weighted by Gasteiger charge is 2.11. The quantitative estimate of drug-likeness (QED) is 0.629. The van der Waals surface area contributed by atoms with Crippen molar-refractivity contribution in [1.29, 1.82) is 5.26 Å². The Kier molecular flexibility index (Phi) is 4.77. The standard InChI is InChI=1S/C21H21N3/c1-3-6-20-23-21-16(2)7-4-9-19(21)24(20)15-18-12-10-17(11-13-18)8-5-14-22/h4-5,7-13H,3,6,15H2,1-2H3/b8-5+. The van der Waals surface area contributed by atoms with Crippen molar-refractivity contribution in [2.75, 3.05) is 0 Å². The Morgan fingerprint density at radius 3 is 2.67 bits per heavy atom. The summed E-state index contributed by atoms with van der Waals surface area (Å²) in [6.07, 6.45) is 5.39. The fraction of sp³-hybridized carbons (Fsp3) is 0.238. The molecule has 120 valence electrons. The number of aryl methyl sites for hydroxylation is 2. The fourth-order valence-electron chi connectivity index (χ4n) is 2.98. The Morgan fingerprint density at radius 2 is 1.96 bits per heavy atom. The molecule has 3 rings (SSSR count). The van der Waals surface area contributed by atoms with E-state index in [0.29, 0.717) is 0 Å². The van der Waals surface area contributed by atoms with Gasteiger partial charge in [-0.3, -0.25) is 0 Å². The van der Waals surface area contributed by atoms with Crippen LogP contribution < -0.4 is 0 Å². The highest BCUT2D eigenvalue weighted by atomic mass is 15.1. The van der Waals surface area contributed by atoms with Gasteiger partial charge < -0.3 is 4.57 Å². The molecule has 1 aromatic heterocycles. The number of hydrogen-bond donors (Lipinski definition) is 0. The first-order valence-corrected chi connectivity index (χ1v) is 8.32. The maximum atomic E-state index is 8.61. The van der Waals surface area contributed by atoms with Crippen molar-refractivity contribution in [3.05, 3.63) is 71.1 Å². The van der Waals surface area contributed by atoms with E-state index in [4.69, 9.17) is 10.2 Å². The molecule has 0 atom stereocenters. The van der Waals surface area contributed by atoms with Gasteiger partial charge >= 0.3 is 0 Å². The predicted octanol–water partition coefficient (Wildman–Crippen LogP) is 4.88. The molecule has 0 saturated carbocycles. The Morgan fingerprint density at radius 1 is 1.17 bits per heavy atom. The number of benzene rings is 2. The van der Waals surface area contributed by atoms with Gasteiger partial charge in [0.05, 0.1) is 17.1 Å². The molecule has 2 aromatic carbocycles. The maximum Gasteiger partial charge on any atom is 0.110 e. The summed E-state index contributed by atoms with van der Waals surface area (Å²) in [5, 5.41) is 8.61. The molecule has 0 amide bonds. The van der Waals surface area contributed by atoms with E-state index in [-0.39, 0.29) is 0 Å². The molecule has 0 fully saturated rings. The predicted molar refractivity (Wildman–Crippen MR) is 98.7 cm³/mol. The summed E-state index contributed by atoms with van der Waals surface area (Å²) in [6.45, 7) is 5.12. The van der Waals surface area contributed by atoms with Crippen molar-refractivity contribution in [2.45, 2.75) is 33.2 Å². The third-order valence-electron chi connectivity index (χ3n) is 4.20. The minimum absolute atomic E-state index is 0.817. The highest BCUT2D eigenvalue weighted by Crippen LogP contribution is 2.22. The van der Waals surface area contributed by atoms with E-state index in [9.17, 15) is 0 Å². The van der Waals surface area contributed by atoms with Crippen molar-refractivity contribution in [3.8, 4) is 6.07 Å². The molecule has 24 heavy (non-hydrogen) atoms. The van der Waals surface area contributed by atoms with Crippen LogP contribution >= 0.6 is 0 Å². The van der Waals surface area contributed by atoms with Crippen LogP contribution in [0.15, 0.2) is 48.5 Å². The van der Waals surface area contributed by atoms with Gasteiger partial charge in [-0.05, 0) is 42.2 Å². The zero-order valence-electron chi connectivity index (χ0n) is 14.2. The minimum Gasteiger partial charge on any atom is -0.323 e. The molecule has 3 heteroatoms. The number of rotatable bonds is 5. The summed E-state index contributed by atoms with van der Waals surface area (Å²) < 4.78 is 2.33. The van der Waals surface area contributed by atoms with Gasteiger partial charge in [0.2, 0.25) is 0 Å². The lowest BCUT2D eigenvalue weighted by Crippen LogP contribution is -2.05. The van der Waals surface area contributed by atoms with Crippen LogP contribution in [0.3, 0.4) is 0 Å². The number of imidazole rings is 1. The fourth-order valence-corrected chi connectivity index (χ4v) is 2.98. The summed E-state index contributed by atoms with van der Waals surface area (Å²) in [7, 11) is 0. The Hall–Kier alpha value is -2.86. The summed E-state index contributed by atoms with van der Waals surface area (Å²) in [5.74, 6) is 1.15. The molecule has 0 aliphatic rings. The first-order chi connectivity index (χ1) is 11.7. The minimum atomic E-state index is 0.817. The third kappa shape index (κ3) is 3.23. The number of fused-ring (bicyclic) bond motifs is 1. The lowest BCUT2D eigenvalue weighted by atomic mass is 10.1. The molecule has 0 unspecified atom stereocenters. The molecule has 3 aromatic rings. The van der Waals surface area contributed by atoms with Crippen molar-refractivity contribution in [2.24, 2.45) is 0 Å². The van der Waals surface area contributed by atoms with Crippen LogP contribution in [0.25, 0.3) is 17.1 Å². The number of nitrogens with zero attached hydrogens (tertiary/aromatic N) is 3. The molecule has 0 N–H and O–H groups in total. The monoisotopic (exact) mass is 315 g/mol. The van der Waals surface area contributed by atoms with Gasteiger partial charge in [0.1, 0.15) is 5.82 Å². The zero-order chi connectivity index (χ0) is 16.9. The molecule has 0 aliphatic heterocycles. The number of allylic oxidation sites excluding steroid dienone is 1. The van der Waals surface area contributed by atoms with Crippen molar-refractivity contribution >= 4 is 17.1 Å². The maximum absolute atomic E-state index is 8.61. The van der Waals surface area contributed by atoms with E-state index >= 15 is 0 Å². The molecule has 0 bridgehead atoms. The van der Waals surface area contributed by atoms with Crippen molar-refractivity contribution < 1.29 is 0 Å². The van der Waals surface area contributed by atoms with Gasteiger partial charge in [0.25, 0.3) is 0 Å². The molecule has 0 spiro atoms. The Balaban J connectivity index is 1.97. The normalized spacial score (nSPS) is 11.2. The SMILES string of the molecule is CCCc1nc2c(C)cccc2n1Cc1ccc(/C=C/C#N)cc1. The second kappa shape index (κ2) is 7.14. The van der Waals surface area contributed by atoms with Crippen LogP contribution in [0.4, 0.5) is 0 Å². The number of para-hydroxylation sites is 1. The van der Waals surface area contributed by atoms with Crippen LogP contribution in [0.2, 0.25) is 0 Å².